The Morgan fingerprint density at radius 2 is 1.83 bits per heavy atom. The van der Waals surface area contributed by atoms with Crippen LogP contribution in [0.2, 0.25) is 5.02 Å². The molecule has 0 saturated carbocycles. The van der Waals surface area contributed by atoms with Gasteiger partial charge in [-0.05, 0) is 50.1 Å². The van der Waals surface area contributed by atoms with Crippen LogP contribution >= 0.6 is 11.6 Å². The zero-order chi connectivity index (χ0) is 17.2. The largest absolute Gasteiger partial charge is 0.495 e. The molecule has 0 unspecified atom stereocenters. The van der Waals surface area contributed by atoms with Crippen LogP contribution in [0.1, 0.15) is 29.7 Å². The predicted molar refractivity (Wildman–Crippen MR) is 92.7 cm³/mol. The molecule has 2 rings (SSSR count). The maximum Gasteiger partial charge on any atom is 0.244 e. The number of hydrogen-bond donors (Lipinski definition) is 1. The average molecular weight is 354 g/mol. The van der Waals surface area contributed by atoms with Crippen LogP contribution < -0.4 is 9.46 Å². The van der Waals surface area contributed by atoms with Crippen molar-refractivity contribution in [2.45, 2.75) is 31.7 Å². The molecule has 0 aliphatic carbocycles. The molecule has 6 heteroatoms. The standard InChI is InChI=1S/C17H20ClNO3S/c1-11-5-7-15(12(2)9-11)13(3)19-23(20,21)17-10-14(18)6-8-16(17)22-4/h5-10,13,19H,1-4H3/t13-/m1/s1. The second-order valence-corrected chi connectivity index (χ2v) is 7.62. The third kappa shape index (κ3) is 4.05. The van der Waals surface area contributed by atoms with Crippen molar-refractivity contribution < 1.29 is 13.2 Å². The SMILES string of the molecule is COc1ccc(Cl)cc1S(=O)(=O)N[C@H](C)c1ccc(C)cc1C. The molecule has 0 amide bonds. The van der Waals surface area contributed by atoms with E-state index in [9.17, 15) is 8.42 Å². The van der Waals surface area contributed by atoms with Crippen LogP contribution in [0.25, 0.3) is 0 Å². The molecule has 0 saturated heterocycles. The fourth-order valence-corrected chi connectivity index (χ4v) is 4.19. The van der Waals surface area contributed by atoms with E-state index in [0.717, 1.165) is 16.7 Å². The zero-order valence-corrected chi connectivity index (χ0v) is 15.1. The van der Waals surface area contributed by atoms with E-state index in [4.69, 9.17) is 16.3 Å². The van der Waals surface area contributed by atoms with Gasteiger partial charge in [-0.15, -0.1) is 0 Å². The van der Waals surface area contributed by atoms with Crippen molar-refractivity contribution in [3.63, 3.8) is 0 Å². The maximum absolute atomic E-state index is 12.7. The third-order valence-corrected chi connectivity index (χ3v) is 5.44. The normalized spacial score (nSPS) is 12.9. The lowest BCUT2D eigenvalue weighted by Gasteiger charge is -2.18. The van der Waals surface area contributed by atoms with Gasteiger partial charge in [-0.3, -0.25) is 0 Å². The first-order valence-electron chi connectivity index (χ1n) is 7.17. The highest BCUT2D eigenvalue weighted by atomic mass is 35.5. The van der Waals surface area contributed by atoms with Crippen molar-refractivity contribution in [2.24, 2.45) is 0 Å². The number of hydrogen-bond acceptors (Lipinski definition) is 3. The molecular formula is C17H20ClNO3S. The van der Waals surface area contributed by atoms with Crippen molar-refractivity contribution in [2.75, 3.05) is 7.11 Å². The Balaban J connectivity index is 2.36. The second-order valence-electron chi connectivity index (χ2n) is 5.50. The predicted octanol–water partition coefficient (Wildman–Crippen LogP) is 4.00. The Morgan fingerprint density at radius 3 is 2.43 bits per heavy atom. The van der Waals surface area contributed by atoms with Crippen LogP contribution in [-0.4, -0.2) is 15.5 Å². The van der Waals surface area contributed by atoms with Crippen molar-refractivity contribution in [3.05, 3.63) is 58.1 Å². The Bertz CT molecular complexity index is 819. The zero-order valence-electron chi connectivity index (χ0n) is 13.6. The number of methoxy groups -OCH3 is 1. The molecule has 0 bridgehead atoms. The minimum atomic E-state index is -3.76. The average Bonchev–Trinajstić information content (AvgIpc) is 2.46. The Morgan fingerprint density at radius 1 is 1.13 bits per heavy atom. The lowest BCUT2D eigenvalue weighted by atomic mass is 10.0. The molecule has 0 radical (unpaired) electrons. The summed E-state index contributed by atoms with van der Waals surface area (Å²) in [7, 11) is -2.33. The minimum Gasteiger partial charge on any atom is -0.495 e. The first-order valence-corrected chi connectivity index (χ1v) is 9.03. The van der Waals surface area contributed by atoms with E-state index in [1.54, 1.807) is 12.1 Å². The van der Waals surface area contributed by atoms with Crippen molar-refractivity contribution in [1.29, 1.82) is 0 Å². The number of rotatable bonds is 5. The first-order chi connectivity index (χ1) is 10.7. The summed E-state index contributed by atoms with van der Waals surface area (Å²) in [5.74, 6) is 0.259. The summed E-state index contributed by atoms with van der Waals surface area (Å²) in [5.41, 5.74) is 3.11. The van der Waals surface area contributed by atoms with Gasteiger partial charge in [0.05, 0.1) is 7.11 Å². The summed E-state index contributed by atoms with van der Waals surface area (Å²) in [4.78, 5) is 0.0316. The quantitative estimate of drug-likeness (QED) is 0.883. The summed E-state index contributed by atoms with van der Waals surface area (Å²) >= 11 is 5.93. The summed E-state index contributed by atoms with van der Waals surface area (Å²) < 4.78 is 33.2. The van der Waals surface area contributed by atoms with E-state index < -0.39 is 10.0 Å². The summed E-state index contributed by atoms with van der Waals surface area (Å²) in [6.45, 7) is 5.78. The summed E-state index contributed by atoms with van der Waals surface area (Å²) in [5, 5.41) is 0.338. The van der Waals surface area contributed by atoms with Gasteiger partial charge in [0.1, 0.15) is 10.6 Å². The van der Waals surface area contributed by atoms with Gasteiger partial charge in [0.15, 0.2) is 0 Å². The molecule has 1 atom stereocenters. The van der Waals surface area contributed by atoms with E-state index >= 15 is 0 Å². The van der Waals surface area contributed by atoms with Gasteiger partial charge in [-0.25, -0.2) is 13.1 Å². The van der Waals surface area contributed by atoms with E-state index in [2.05, 4.69) is 4.72 Å². The minimum absolute atomic E-state index is 0.0316. The van der Waals surface area contributed by atoms with Crippen LogP contribution in [-0.2, 0) is 10.0 Å². The van der Waals surface area contributed by atoms with Crippen LogP contribution in [0, 0.1) is 13.8 Å². The summed E-state index contributed by atoms with van der Waals surface area (Å²) in [6.07, 6.45) is 0. The smallest absolute Gasteiger partial charge is 0.244 e. The van der Waals surface area contributed by atoms with E-state index in [-0.39, 0.29) is 16.7 Å². The van der Waals surface area contributed by atoms with Gasteiger partial charge < -0.3 is 4.74 Å². The lowest BCUT2D eigenvalue weighted by Crippen LogP contribution is -2.27. The third-order valence-electron chi connectivity index (χ3n) is 3.64. The number of ether oxygens (including phenoxy) is 1. The molecule has 4 nitrogen and oxygen atoms in total. The maximum atomic E-state index is 12.7. The molecule has 0 fully saturated rings. The molecule has 0 aliphatic rings. The molecule has 23 heavy (non-hydrogen) atoms. The molecule has 0 heterocycles. The fraction of sp³-hybridized carbons (Fsp3) is 0.294. The molecule has 124 valence electrons. The van der Waals surface area contributed by atoms with Crippen LogP contribution in [0.5, 0.6) is 5.75 Å². The lowest BCUT2D eigenvalue weighted by molar-refractivity contribution is 0.402. The van der Waals surface area contributed by atoms with Crippen molar-refractivity contribution >= 4 is 21.6 Å². The van der Waals surface area contributed by atoms with Crippen molar-refractivity contribution in [3.8, 4) is 5.75 Å². The molecular weight excluding hydrogens is 334 g/mol. The summed E-state index contributed by atoms with van der Waals surface area (Å²) in [6, 6.07) is 10.1. The number of nitrogens with one attached hydrogen (secondary N) is 1. The molecule has 2 aromatic rings. The fourth-order valence-electron chi connectivity index (χ4n) is 2.53. The highest BCUT2D eigenvalue weighted by molar-refractivity contribution is 7.89. The Labute approximate surface area is 142 Å². The van der Waals surface area contributed by atoms with Crippen LogP contribution in [0.3, 0.4) is 0 Å². The number of halogens is 1. The number of sulfonamides is 1. The molecule has 0 aliphatic heterocycles. The van der Waals surface area contributed by atoms with Gasteiger partial charge in [-0.1, -0.05) is 35.4 Å². The van der Waals surface area contributed by atoms with E-state index in [1.807, 2.05) is 39.0 Å². The van der Waals surface area contributed by atoms with E-state index in [1.165, 1.54) is 13.2 Å². The van der Waals surface area contributed by atoms with Gasteiger partial charge in [-0.2, -0.15) is 0 Å². The second kappa shape index (κ2) is 6.91. The van der Waals surface area contributed by atoms with Gasteiger partial charge in [0.2, 0.25) is 10.0 Å². The topological polar surface area (TPSA) is 55.4 Å². The molecule has 0 spiro atoms. The highest BCUT2D eigenvalue weighted by Crippen LogP contribution is 2.29. The number of benzene rings is 2. The van der Waals surface area contributed by atoms with E-state index in [0.29, 0.717) is 5.02 Å². The number of aryl methyl sites for hydroxylation is 2. The highest BCUT2D eigenvalue weighted by Gasteiger charge is 2.23. The Hall–Kier alpha value is -1.56. The van der Waals surface area contributed by atoms with Gasteiger partial charge in [0, 0.05) is 11.1 Å². The Kier molecular flexibility index (Phi) is 5.34. The molecule has 1 N–H and O–H groups in total. The van der Waals surface area contributed by atoms with Crippen LogP contribution in [0.4, 0.5) is 0 Å². The van der Waals surface area contributed by atoms with Crippen LogP contribution in [0.15, 0.2) is 41.3 Å². The van der Waals surface area contributed by atoms with Gasteiger partial charge in [0.25, 0.3) is 0 Å². The van der Waals surface area contributed by atoms with Crippen molar-refractivity contribution in [1.82, 2.24) is 4.72 Å². The molecule has 0 aromatic heterocycles. The molecule has 2 aromatic carbocycles. The van der Waals surface area contributed by atoms with Gasteiger partial charge >= 0.3 is 0 Å². The first kappa shape index (κ1) is 17.8. The monoisotopic (exact) mass is 353 g/mol.